The largest absolute Gasteiger partial charge is 0.444 e. The van der Waals surface area contributed by atoms with Crippen molar-refractivity contribution in [3.8, 4) is 0 Å². The van der Waals surface area contributed by atoms with Gasteiger partial charge in [0, 0.05) is 12.1 Å². The van der Waals surface area contributed by atoms with Crippen molar-refractivity contribution in [2.75, 3.05) is 0 Å². The van der Waals surface area contributed by atoms with E-state index in [1.165, 1.54) is 0 Å². The molecule has 1 aliphatic carbocycles. The number of amides is 2. The second-order valence-corrected chi connectivity index (χ2v) is 6.94. The topological polar surface area (TPSA) is 93.5 Å². The molecular weight excluding hydrogens is 298 g/mol. The van der Waals surface area contributed by atoms with E-state index in [1.807, 2.05) is 20.8 Å². The minimum absolute atomic E-state index is 0.138. The van der Waals surface area contributed by atoms with Crippen LogP contribution < -0.4 is 10.6 Å². The molecule has 1 aliphatic rings. The molecule has 2 atom stereocenters. The standard InChI is InChI=1S/C16H25N3O4/c1-10-9-13(19-23-10)14(20)17-11-7-5-6-8-12(11)18-15(21)22-16(2,3)4/h9,11-12H,5-8H2,1-4H3,(H,17,20)(H,18,21)/t11-,12-/m1/s1. The average Bonchev–Trinajstić information content (AvgIpc) is 2.85. The van der Waals surface area contributed by atoms with Crippen LogP contribution in [0.3, 0.4) is 0 Å². The van der Waals surface area contributed by atoms with E-state index in [4.69, 9.17) is 9.26 Å². The Labute approximate surface area is 136 Å². The van der Waals surface area contributed by atoms with E-state index in [0.717, 1.165) is 25.7 Å². The van der Waals surface area contributed by atoms with Gasteiger partial charge in [-0.05, 0) is 40.5 Å². The molecule has 1 fully saturated rings. The fraction of sp³-hybridized carbons (Fsp3) is 0.688. The number of nitrogens with one attached hydrogen (secondary N) is 2. The summed E-state index contributed by atoms with van der Waals surface area (Å²) in [7, 11) is 0. The zero-order chi connectivity index (χ0) is 17.0. The van der Waals surface area contributed by atoms with Crippen molar-refractivity contribution in [3.05, 3.63) is 17.5 Å². The molecule has 1 aromatic rings. The maximum Gasteiger partial charge on any atom is 0.407 e. The van der Waals surface area contributed by atoms with Gasteiger partial charge in [0.25, 0.3) is 5.91 Å². The van der Waals surface area contributed by atoms with E-state index in [-0.39, 0.29) is 23.7 Å². The number of carbonyl (C=O) groups excluding carboxylic acids is 2. The van der Waals surface area contributed by atoms with Crippen molar-refractivity contribution >= 4 is 12.0 Å². The van der Waals surface area contributed by atoms with Crippen LogP contribution in [0.15, 0.2) is 10.6 Å². The Bertz CT molecular complexity index is 562. The molecule has 2 amide bonds. The van der Waals surface area contributed by atoms with Crippen LogP contribution in [0.2, 0.25) is 0 Å². The first kappa shape index (κ1) is 17.3. The number of rotatable bonds is 3. The molecule has 0 saturated heterocycles. The van der Waals surface area contributed by atoms with E-state index < -0.39 is 11.7 Å². The molecule has 0 spiro atoms. The summed E-state index contributed by atoms with van der Waals surface area (Å²) >= 11 is 0. The van der Waals surface area contributed by atoms with Gasteiger partial charge in [-0.25, -0.2) is 4.79 Å². The van der Waals surface area contributed by atoms with Gasteiger partial charge >= 0.3 is 6.09 Å². The van der Waals surface area contributed by atoms with Gasteiger partial charge in [0.2, 0.25) is 0 Å². The summed E-state index contributed by atoms with van der Waals surface area (Å²) in [4.78, 5) is 24.2. The smallest absolute Gasteiger partial charge is 0.407 e. The second kappa shape index (κ2) is 7.02. The Hall–Kier alpha value is -2.05. The molecule has 0 unspecified atom stereocenters. The lowest BCUT2D eigenvalue weighted by atomic mass is 9.90. The van der Waals surface area contributed by atoms with Crippen LogP contribution in [0, 0.1) is 6.92 Å². The van der Waals surface area contributed by atoms with Gasteiger partial charge in [-0.2, -0.15) is 0 Å². The van der Waals surface area contributed by atoms with Gasteiger partial charge < -0.3 is 19.9 Å². The molecule has 7 nitrogen and oxygen atoms in total. The zero-order valence-corrected chi connectivity index (χ0v) is 14.1. The first-order chi connectivity index (χ1) is 10.7. The van der Waals surface area contributed by atoms with Crippen LogP contribution in [-0.2, 0) is 4.74 Å². The maximum atomic E-state index is 12.2. The van der Waals surface area contributed by atoms with Crippen molar-refractivity contribution < 1.29 is 18.8 Å². The molecule has 0 aliphatic heterocycles. The Morgan fingerprint density at radius 1 is 1.22 bits per heavy atom. The predicted molar refractivity (Wildman–Crippen MR) is 84.1 cm³/mol. The first-order valence-corrected chi connectivity index (χ1v) is 7.98. The summed E-state index contributed by atoms with van der Waals surface area (Å²) in [5, 5.41) is 9.52. The molecule has 1 aromatic heterocycles. The second-order valence-electron chi connectivity index (χ2n) is 6.94. The molecule has 23 heavy (non-hydrogen) atoms. The normalized spacial score (nSPS) is 21.6. The third-order valence-electron chi connectivity index (χ3n) is 3.65. The summed E-state index contributed by atoms with van der Waals surface area (Å²) in [6.45, 7) is 7.19. The molecule has 128 valence electrons. The van der Waals surface area contributed by atoms with E-state index in [2.05, 4.69) is 15.8 Å². The minimum atomic E-state index is -0.546. The molecule has 1 saturated carbocycles. The van der Waals surface area contributed by atoms with E-state index >= 15 is 0 Å². The van der Waals surface area contributed by atoms with Crippen LogP contribution in [0.4, 0.5) is 4.79 Å². The van der Waals surface area contributed by atoms with E-state index in [0.29, 0.717) is 5.76 Å². The Morgan fingerprint density at radius 2 is 1.83 bits per heavy atom. The molecule has 1 heterocycles. The lowest BCUT2D eigenvalue weighted by Crippen LogP contribution is -2.54. The highest BCUT2D eigenvalue weighted by Gasteiger charge is 2.30. The number of hydrogen-bond acceptors (Lipinski definition) is 5. The third kappa shape index (κ3) is 5.26. The van der Waals surface area contributed by atoms with Crippen LogP contribution in [-0.4, -0.2) is 34.8 Å². The number of ether oxygens (including phenoxy) is 1. The van der Waals surface area contributed by atoms with E-state index in [9.17, 15) is 9.59 Å². The van der Waals surface area contributed by atoms with Crippen molar-refractivity contribution in [3.63, 3.8) is 0 Å². The molecule has 0 radical (unpaired) electrons. The molecule has 2 N–H and O–H groups in total. The molecular formula is C16H25N3O4. The number of hydrogen-bond donors (Lipinski definition) is 2. The quantitative estimate of drug-likeness (QED) is 0.891. The van der Waals surface area contributed by atoms with Gasteiger partial charge in [0.05, 0.1) is 6.04 Å². The van der Waals surface area contributed by atoms with Crippen molar-refractivity contribution in [1.29, 1.82) is 0 Å². The summed E-state index contributed by atoms with van der Waals surface area (Å²) in [5.41, 5.74) is -0.292. The molecule has 7 heteroatoms. The Morgan fingerprint density at radius 3 is 2.35 bits per heavy atom. The van der Waals surface area contributed by atoms with Gasteiger partial charge in [0.15, 0.2) is 5.69 Å². The first-order valence-electron chi connectivity index (χ1n) is 7.98. The highest BCUT2D eigenvalue weighted by atomic mass is 16.6. The Kier molecular flexibility index (Phi) is 5.28. The molecule has 0 bridgehead atoms. The average molecular weight is 323 g/mol. The van der Waals surface area contributed by atoms with Gasteiger partial charge in [-0.15, -0.1) is 0 Å². The van der Waals surface area contributed by atoms with Crippen molar-refractivity contribution in [1.82, 2.24) is 15.8 Å². The fourth-order valence-corrected chi connectivity index (χ4v) is 2.65. The number of aryl methyl sites for hydroxylation is 1. The summed E-state index contributed by atoms with van der Waals surface area (Å²) < 4.78 is 10.2. The number of nitrogens with zero attached hydrogens (tertiary/aromatic N) is 1. The van der Waals surface area contributed by atoms with Gasteiger partial charge in [-0.3, -0.25) is 4.79 Å². The van der Waals surface area contributed by atoms with Crippen LogP contribution in [0.25, 0.3) is 0 Å². The molecule has 0 aromatic carbocycles. The lowest BCUT2D eigenvalue weighted by molar-refractivity contribution is 0.0474. The van der Waals surface area contributed by atoms with Crippen LogP contribution >= 0.6 is 0 Å². The Balaban J connectivity index is 1.95. The SMILES string of the molecule is Cc1cc(C(=O)N[C@@H]2CCCC[C@H]2NC(=O)OC(C)(C)C)no1. The minimum Gasteiger partial charge on any atom is -0.444 e. The summed E-state index contributed by atoms with van der Waals surface area (Å²) in [6.07, 6.45) is 3.18. The van der Waals surface area contributed by atoms with E-state index in [1.54, 1.807) is 13.0 Å². The predicted octanol–water partition coefficient (Wildman–Crippen LogP) is 2.55. The van der Waals surface area contributed by atoms with Crippen molar-refractivity contribution in [2.24, 2.45) is 0 Å². The fourth-order valence-electron chi connectivity index (χ4n) is 2.65. The highest BCUT2D eigenvalue weighted by Crippen LogP contribution is 2.20. The van der Waals surface area contributed by atoms with Crippen molar-refractivity contribution in [2.45, 2.75) is 71.1 Å². The van der Waals surface area contributed by atoms with Gasteiger partial charge in [0.1, 0.15) is 11.4 Å². The number of carbonyl (C=O) groups is 2. The monoisotopic (exact) mass is 323 g/mol. The van der Waals surface area contributed by atoms with Gasteiger partial charge in [-0.1, -0.05) is 18.0 Å². The lowest BCUT2D eigenvalue weighted by Gasteiger charge is -2.33. The summed E-state index contributed by atoms with van der Waals surface area (Å²) in [5.74, 6) is 0.298. The summed E-state index contributed by atoms with van der Waals surface area (Å²) in [6, 6.07) is 1.31. The van der Waals surface area contributed by atoms with Crippen LogP contribution in [0.5, 0.6) is 0 Å². The molecule has 2 rings (SSSR count). The van der Waals surface area contributed by atoms with Crippen LogP contribution in [0.1, 0.15) is 62.7 Å². The number of aromatic nitrogens is 1. The zero-order valence-electron chi connectivity index (χ0n) is 14.1. The third-order valence-corrected chi connectivity index (χ3v) is 3.65. The number of alkyl carbamates (subject to hydrolysis) is 1. The highest BCUT2D eigenvalue weighted by molar-refractivity contribution is 5.92. The maximum absolute atomic E-state index is 12.2.